The number of hydrogen-bond acceptors (Lipinski definition) is 2. The first-order chi connectivity index (χ1) is 4.49. The fourth-order valence-electron chi connectivity index (χ4n) is 2.01. The van der Waals surface area contributed by atoms with E-state index >= 15 is 0 Å². The summed E-state index contributed by atoms with van der Waals surface area (Å²) in [6.07, 6.45) is 1.74. The molecule has 2 N–H and O–H groups in total. The zero-order chi connectivity index (χ0) is 7.78. The first-order valence-electron chi connectivity index (χ1n) is 3.98. The molecule has 1 saturated heterocycles. The predicted molar refractivity (Wildman–Crippen MR) is 41.9 cm³/mol. The second-order valence-corrected chi connectivity index (χ2v) is 3.87. The van der Waals surface area contributed by atoms with Crippen LogP contribution in [-0.4, -0.2) is 22.8 Å². The van der Waals surface area contributed by atoms with Gasteiger partial charge < -0.3 is 10.4 Å². The molecule has 1 heterocycles. The molecule has 0 aromatic carbocycles. The second kappa shape index (κ2) is 2.51. The Labute approximate surface area is 62.6 Å². The maximum Gasteiger partial charge on any atom is 0.0649 e. The lowest BCUT2D eigenvalue weighted by Crippen LogP contribution is -2.49. The molecule has 10 heavy (non-hydrogen) atoms. The van der Waals surface area contributed by atoms with Gasteiger partial charge in [-0.25, -0.2) is 0 Å². The van der Waals surface area contributed by atoms with Crippen LogP contribution in [0.5, 0.6) is 0 Å². The van der Waals surface area contributed by atoms with Crippen LogP contribution in [0.25, 0.3) is 0 Å². The quantitative estimate of drug-likeness (QED) is 0.528. The van der Waals surface area contributed by atoms with Gasteiger partial charge >= 0.3 is 0 Å². The Bertz CT molecular complexity index is 110. The smallest absolute Gasteiger partial charge is 0.0649 e. The van der Waals surface area contributed by atoms with Gasteiger partial charge in [-0.05, 0) is 33.6 Å². The minimum Gasteiger partial charge on any atom is -0.390 e. The standard InChI is InChI=1S/C8H17NO/c1-6-4-8(3,10)5-7(2)9-6/h6-7,9-10H,4-5H2,1-3H3/t6-,7+,8?. The first-order valence-corrected chi connectivity index (χ1v) is 3.98. The number of hydrogen-bond donors (Lipinski definition) is 2. The average Bonchev–Trinajstić information content (AvgIpc) is 1.54. The molecule has 0 aromatic heterocycles. The van der Waals surface area contributed by atoms with Crippen LogP contribution >= 0.6 is 0 Å². The molecule has 60 valence electrons. The van der Waals surface area contributed by atoms with E-state index in [0.29, 0.717) is 12.1 Å². The summed E-state index contributed by atoms with van der Waals surface area (Å²) in [6.45, 7) is 6.15. The van der Waals surface area contributed by atoms with Crippen molar-refractivity contribution >= 4 is 0 Å². The van der Waals surface area contributed by atoms with E-state index in [-0.39, 0.29) is 0 Å². The summed E-state index contributed by atoms with van der Waals surface area (Å²) in [6, 6.07) is 0.914. The predicted octanol–water partition coefficient (Wildman–Crippen LogP) is 0.898. The molecule has 0 saturated carbocycles. The van der Waals surface area contributed by atoms with E-state index in [1.807, 2.05) is 6.92 Å². The highest BCUT2D eigenvalue weighted by Crippen LogP contribution is 2.23. The minimum atomic E-state index is -0.440. The molecule has 0 aromatic rings. The highest BCUT2D eigenvalue weighted by atomic mass is 16.3. The number of aliphatic hydroxyl groups is 1. The van der Waals surface area contributed by atoms with Crippen LogP contribution in [0.3, 0.4) is 0 Å². The third-order valence-corrected chi connectivity index (χ3v) is 2.06. The van der Waals surface area contributed by atoms with Gasteiger partial charge in [-0.1, -0.05) is 0 Å². The van der Waals surface area contributed by atoms with Crippen molar-refractivity contribution in [3.05, 3.63) is 0 Å². The van der Waals surface area contributed by atoms with Crippen molar-refractivity contribution < 1.29 is 5.11 Å². The van der Waals surface area contributed by atoms with Crippen LogP contribution in [0.1, 0.15) is 33.6 Å². The highest BCUT2D eigenvalue weighted by Gasteiger charge is 2.30. The molecule has 0 amide bonds. The molecule has 0 aliphatic carbocycles. The zero-order valence-electron chi connectivity index (χ0n) is 7.02. The summed E-state index contributed by atoms with van der Waals surface area (Å²) >= 11 is 0. The van der Waals surface area contributed by atoms with Crippen LogP contribution in [-0.2, 0) is 0 Å². The van der Waals surface area contributed by atoms with E-state index < -0.39 is 5.60 Å². The van der Waals surface area contributed by atoms with Crippen LogP contribution in [0.15, 0.2) is 0 Å². The summed E-state index contributed by atoms with van der Waals surface area (Å²) < 4.78 is 0. The number of nitrogens with one attached hydrogen (secondary N) is 1. The van der Waals surface area contributed by atoms with E-state index in [1.165, 1.54) is 0 Å². The van der Waals surface area contributed by atoms with Crippen LogP contribution in [0.4, 0.5) is 0 Å². The van der Waals surface area contributed by atoms with Crippen molar-refractivity contribution in [3.8, 4) is 0 Å². The lowest BCUT2D eigenvalue weighted by atomic mass is 9.86. The molecule has 0 bridgehead atoms. The molecule has 2 heteroatoms. The number of piperidine rings is 1. The SMILES string of the molecule is C[C@@H]1CC(C)(O)C[C@H](C)N1. The third kappa shape index (κ3) is 1.96. The molecule has 0 spiro atoms. The Morgan fingerprint density at radius 2 is 1.70 bits per heavy atom. The van der Waals surface area contributed by atoms with Crippen molar-refractivity contribution in [3.63, 3.8) is 0 Å². The first kappa shape index (κ1) is 8.02. The molecule has 1 aliphatic rings. The van der Waals surface area contributed by atoms with Gasteiger partial charge in [-0.15, -0.1) is 0 Å². The Morgan fingerprint density at radius 1 is 1.30 bits per heavy atom. The van der Waals surface area contributed by atoms with Gasteiger partial charge in [0.15, 0.2) is 0 Å². The molecule has 1 unspecified atom stereocenters. The lowest BCUT2D eigenvalue weighted by molar-refractivity contribution is 0.00240. The van der Waals surface area contributed by atoms with Gasteiger partial charge in [-0.3, -0.25) is 0 Å². The summed E-state index contributed by atoms with van der Waals surface area (Å²) in [7, 11) is 0. The lowest BCUT2D eigenvalue weighted by Gasteiger charge is -2.37. The van der Waals surface area contributed by atoms with E-state index in [1.54, 1.807) is 0 Å². The average molecular weight is 143 g/mol. The van der Waals surface area contributed by atoms with E-state index in [4.69, 9.17) is 0 Å². The Kier molecular flexibility index (Phi) is 2.02. The maximum absolute atomic E-state index is 9.68. The molecule has 0 radical (unpaired) electrons. The fourth-order valence-corrected chi connectivity index (χ4v) is 2.01. The topological polar surface area (TPSA) is 32.3 Å². The summed E-state index contributed by atoms with van der Waals surface area (Å²) in [4.78, 5) is 0. The van der Waals surface area contributed by atoms with Crippen molar-refractivity contribution in [2.75, 3.05) is 0 Å². The third-order valence-electron chi connectivity index (χ3n) is 2.06. The highest BCUT2D eigenvalue weighted by molar-refractivity contribution is 4.88. The molecule has 2 nitrogen and oxygen atoms in total. The van der Waals surface area contributed by atoms with E-state index in [2.05, 4.69) is 19.2 Å². The monoisotopic (exact) mass is 143 g/mol. The van der Waals surface area contributed by atoms with Crippen molar-refractivity contribution in [1.29, 1.82) is 0 Å². The van der Waals surface area contributed by atoms with Gasteiger partial charge in [0.1, 0.15) is 0 Å². The van der Waals surface area contributed by atoms with Gasteiger partial charge in [0, 0.05) is 12.1 Å². The Balaban J connectivity index is 2.51. The van der Waals surface area contributed by atoms with Gasteiger partial charge in [-0.2, -0.15) is 0 Å². The van der Waals surface area contributed by atoms with Gasteiger partial charge in [0.25, 0.3) is 0 Å². The fraction of sp³-hybridized carbons (Fsp3) is 1.00. The molecular formula is C8H17NO. The maximum atomic E-state index is 9.68. The summed E-state index contributed by atoms with van der Waals surface area (Å²) in [5.74, 6) is 0. The Hall–Kier alpha value is -0.0800. The van der Waals surface area contributed by atoms with E-state index in [0.717, 1.165) is 12.8 Å². The second-order valence-electron chi connectivity index (χ2n) is 3.87. The molecular weight excluding hydrogens is 126 g/mol. The van der Waals surface area contributed by atoms with Crippen molar-refractivity contribution in [2.45, 2.75) is 51.3 Å². The normalized spacial score (nSPS) is 49.2. The Morgan fingerprint density at radius 3 is 2.00 bits per heavy atom. The van der Waals surface area contributed by atoms with Crippen molar-refractivity contribution in [1.82, 2.24) is 5.32 Å². The summed E-state index contributed by atoms with van der Waals surface area (Å²) in [5.41, 5.74) is -0.440. The van der Waals surface area contributed by atoms with Gasteiger partial charge in [0.2, 0.25) is 0 Å². The molecule has 3 atom stereocenters. The largest absolute Gasteiger partial charge is 0.390 e. The molecule has 1 aliphatic heterocycles. The van der Waals surface area contributed by atoms with Crippen molar-refractivity contribution in [2.24, 2.45) is 0 Å². The summed E-state index contributed by atoms with van der Waals surface area (Å²) in [5, 5.41) is 13.1. The molecule has 1 fully saturated rings. The van der Waals surface area contributed by atoms with Crippen LogP contribution in [0.2, 0.25) is 0 Å². The van der Waals surface area contributed by atoms with E-state index in [9.17, 15) is 5.11 Å². The van der Waals surface area contributed by atoms with Crippen LogP contribution < -0.4 is 5.32 Å². The number of rotatable bonds is 0. The zero-order valence-corrected chi connectivity index (χ0v) is 7.02. The molecule has 1 rings (SSSR count). The van der Waals surface area contributed by atoms with Gasteiger partial charge in [0.05, 0.1) is 5.60 Å². The minimum absolute atomic E-state index is 0.440. The van der Waals surface area contributed by atoms with Crippen LogP contribution in [0, 0.1) is 0 Å².